The minimum absolute atomic E-state index is 0.258. The molecule has 0 saturated carbocycles. The molecular formula is C19H17N3O3S. The van der Waals surface area contributed by atoms with E-state index in [0.29, 0.717) is 23.0 Å². The molecule has 1 heterocycles. The van der Waals surface area contributed by atoms with Crippen LogP contribution >= 0.6 is 11.3 Å². The fourth-order valence-corrected chi connectivity index (χ4v) is 3.00. The van der Waals surface area contributed by atoms with E-state index in [2.05, 4.69) is 15.6 Å². The number of para-hydroxylation sites is 1. The van der Waals surface area contributed by atoms with Crippen LogP contribution in [0.1, 0.15) is 26.4 Å². The first-order chi connectivity index (χ1) is 12.7. The van der Waals surface area contributed by atoms with E-state index in [0.717, 1.165) is 5.56 Å². The minimum Gasteiger partial charge on any atom is -0.496 e. The van der Waals surface area contributed by atoms with Gasteiger partial charge in [-0.3, -0.25) is 14.9 Å². The molecule has 0 radical (unpaired) electrons. The Morgan fingerprint density at radius 1 is 1.04 bits per heavy atom. The molecule has 2 aromatic carbocycles. The smallest absolute Gasteiger partial charge is 0.271 e. The minimum atomic E-state index is -0.313. The zero-order chi connectivity index (χ0) is 18.4. The van der Waals surface area contributed by atoms with Crippen LogP contribution in [0.15, 0.2) is 60.0 Å². The van der Waals surface area contributed by atoms with Gasteiger partial charge in [0.15, 0.2) is 5.13 Å². The van der Waals surface area contributed by atoms with Gasteiger partial charge in [-0.25, -0.2) is 4.98 Å². The lowest BCUT2D eigenvalue weighted by atomic mass is 10.2. The fraction of sp³-hybridized carbons (Fsp3) is 0.105. The lowest BCUT2D eigenvalue weighted by Crippen LogP contribution is -2.23. The summed E-state index contributed by atoms with van der Waals surface area (Å²) in [6, 6.07) is 16.3. The number of aromatic nitrogens is 1. The molecule has 2 amide bonds. The van der Waals surface area contributed by atoms with Crippen LogP contribution in [0.25, 0.3) is 0 Å². The van der Waals surface area contributed by atoms with Gasteiger partial charge in [-0.1, -0.05) is 36.4 Å². The second-order valence-corrected chi connectivity index (χ2v) is 6.21. The SMILES string of the molecule is COc1ccccc1CNC(=O)c1csc(NC(=O)c2ccccc2)n1. The lowest BCUT2D eigenvalue weighted by Gasteiger charge is -2.08. The molecule has 0 aliphatic heterocycles. The molecule has 7 heteroatoms. The average Bonchev–Trinajstić information content (AvgIpc) is 3.15. The molecule has 26 heavy (non-hydrogen) atoms. The topological polar surface area (TPSA) is 80.3 Å². The van der Waals surface area contributed by atoms with Crippen LogP contribution in [0.4, 0.5) is 5.13 Å². The van der Waals surface area contributed by atoms with Crippen molar-refractivity contribution in [1.29, 1.82) is 0 Å². The average molecular weight is 367 g/mol. The molecule has 0 fully saturated rings. The molecule has 3 rings (SSSR count). The zero-order valence-electron chi connectivity index (χ0n) is 14.1. The summed E-state index contributed by atoms with van der Waals surface area (Å²) in [7, 11) is 1.59. The Labute approximate surface area is 154 Å². The quantitative estimate of drug-likeness (QED) is 0.700. The third-order valence-electron chi connectivity index (χ3n) is 3.63. The molecule has 132 valence electrons. The Morgan fingerprint density at radius 3 is 2.54 bits per heavy atom. The molecule has 0 aliphatic rings. The van der Waals surface area contributed by atoms with Crippen LogP contribution in [0.2, 0.25) is 0 Å². The van der Waals surface area contributed by atoms with Crippen molar-refractivity contribution in [3.63, 3.8) is 0 Å². The highest BCUT2D eigenvalue weighted by Crippen LogP contribution is 2.18. The lowest BCUT2D eigenvalue weighted by molar-refractivity contribution is 0.0945. The van der Waals surface area contributed by atoms with E-state index in [1.807, 2.05) is 30.3 Å². The van der Waals surface area contributed by atoms with Gasteiger partial charge in [0.05, 0.1) is 7.11 Å². The summed E-state index contributed by atoms with van der Waals surface area (Å²) >= 11 is 1.20. The summed E-state index contributed by atoms with van der Waals surface area (Å²) < 4.78 is 5.26. The van der Waals surface area contributed by atoms with E-state index in [4.69, 9.17) is 4.74 Å². The zero-order valence-corrected chi connectivity index (χ0v) is 14.9. The first-order valence-corrected chi connectivity index (χ1v) is 8.77. The normalized spacial score (nSPS) is 10.2. The van der Waals surface area contributed by atoms with E-state index >= 15 is 0 Å². The van der Waals surface area contributed by atoms with E-state index in [-0.39, 0.29) is 17.5 Å². The van der Waals surface area contributed by atoms with E-state index < -0.39 is 0 Å². The van der Waals surface area contributed by atoms with Crippen molar-refractivity contribution in [2.75, 3.05) is 12.4 Å². The highest BCUT2D eigenvalue weighted by Gasteiger charge is 2.13. The van der Waals surface area contributed by atoms with Crippen LogP contribution in [0, 0.1) is 0 Å². The number of benzene rings is 2. The Bertz CT molecular complexity index is 909. The van der Waals surface area contributed by atoms with Crippen LogP contribution in [0.5, 0.6) is 5.75 Å². The second-order valence-electron chi connectivity index (χ2n) is 5.35. The number of nitrogens with one attached hydrogen (secondary N) is 2. The number of hydrogen-bond acceptors (Lipinski definition) is 5. The third kappa shape index (κ3) is 4.25. The molecule has 0 spiro atoms. The monoisotopic (exact) mass is 367 g/mol. The molecule has 1 aromatic heterocycles. The molecule has 6 nitrogen and oxygen atoms in total. The van der Waals surface area contributed by atoms with E-state index in [1.54, 1.807) is 36.8 Å². The van der Waals surface area contributed by atoms with Gasteiger partial charge in [-0.15, -0.1) is 11.3 Å². The van der Waals surface area contributed by atoms with Gasteiger partial charge in [0.1, 0.15) is 11.4 Å². The summed E-state index contributed by atoms with van der Waals surface area (Å²) in [5.41, 5.74) is 1.66. The first kappa shape index (κ1) is 17.6. The van der Waals surface area contributed by atoms with Crippen LogP contribution < -0.4 is 15.4 Å². The predicted molar refractivity (Wildman–Crippen MR) is 101 cm³/mol. The predicted octanol–water partition coefficient (Wildman–Crippen LogP) is 3.33. The van der Waals surface area contributed by atoms with Crippen LogP contribution in [-0.2, 0) is 6.54 Å². The molecule has 2 N–H and O–H groups in total. The highest BCUT2D eigenvalue weighted by molar-refractivity contribution is 7.14. The Morgan fingerprint density at radius 2 is 1.77 bits per heavy atom. The summed E-state index contributed by atoms with van der Waals surface area (Å²) in [6.07, 6.45) is 0. The van der Waals surface area contributed by atoms with Crippen LogP contribution in [-0.4, -0.2) is 23.9 Å². The van der Waals surface area contributed by atoms with Gasteiger partial charge in [0.25, 0.3) is 11.8 Å². The maximum Gasteiger partial charge on any atom is 0.271 e. The van der Waals surface area contributed by atoms with Crippen molar-refractivity contribution in [3.8, 4) is 5.75 Å². The van der Waals surface area contributed by atoms with Crippen molar-refractivity contribution >= 4 is 28.3 Å². The summed E-state index contributed by atoms with van der Waals surface area (Å²) in [4.78, 5) is 28.6. The van der Waals surface area contributed by atoms with Crippen molar-refractivity contribution in [1.82, 2.24) is 10.3 Å². The second kappa shape index (κ2) is 8.26. The number of thiazole rings is 1. The molecule has 0 unspecified atom stereocenters. The summed E-state index contributed by atoms with van der Waals surface area (Å²) in [6.45, 7) is 0.325. The Hall–Kier alpha value is -3.19. The number of carbonyl (C=O) groups excluding carboxylic acids is 2. The Balaban J connectivity index is 1.60. The standard InChI is InChI=1S/C19H17N3O3S/c1-25-16-10-6-5-9-14(16)11-20-18(24)15-12-26-19(21-15)22-17(23)13-7-3-2-4-8-13/h2-10,12H,11H2,1H3,(H,20,24)(H,21,22,23). The largest absolute Gasteiger partial charge is 0.496 e. The number of rotatable bonds is 6. The molecule has 3 aromatic rings. The molecule has 0 aliphatic carbocycles. The number of amides is 2. The van der Waals surface area contributed by atoms with Gasteiger partial charge < -0.3 is 10.1 Å². The number of carbonyl (C=O) groups is 2. The molecule has 0 bridgehead atoms. The van der Waals surface area contributed by atoms with Crippen molar-refractivity contribution in [2.24, 2.45) is 0 Å². The number of nitrogens with zero attached hydrogens (tertiary/aromatic N) is 1. The van der Waals surface area contributed by atoms with E-state index in [9.17, 15) is 9.59 Å². The van der Waals surface area contributed by atoms with Gasteiger partial charge in [-0.2, -0.15) is 0 Å². The van der Waals surface area contributed by atoms with Gasteiger partial charge >= 0.3 is 0 Å². The van der Waals surface area contributed by atoms with Crippen molar-refractivity contribution < 1.29 is 14.3 Å². The van der Waals surface area contributed by atoms with Gasteiger partial charge in [0, 0.05) is 23.1 Å². The number of hydrogen-bond donors (Lipinski definition) is 2. The summed E-state index contributed by atoms with van der Waals surface area (Å²) in [5, 5.41) is 7.48. The first-order valence-electron chi connectivity index (χ1n) is 7.89. The Kier molecular flexibility index (Phi) is 5.60. The third-order valence-corrected chi connectivity index (χ3v) is 4.38. The van der Waals surface area contributed by atoms with Crippen LogP contribution in [0.3, 0.4) is 0 Å². The highest BCUT2D eigenvalue weighted by atomic mass is 32.1. The number of anilines is 1. The van der Waals surface area contributed by atoms with E-state index in [1.165, 1.54) is 11.3 Å². The van der Waals surface area contributed by atoms with Gasteiger partial charge in [0.2, 0.25) is 0 Å². The van der Waals surface area contributed by atoms with Crippen molar-refractivity contribution in [3.05, 3.63) is 76.8 Å². The van der Waals surface area contributed by atoms with Crippen molar-refractivity contribution in [2.45, 2.75) is 6.54 Å². The maximum absolute atomic E-state index is 12.3. The summed E-state index contributed by atoms with van der Waals surface area (Å²) in [5.74, 6) is 0.134. The number of ether oxygens (including phenoxy) is 1. The molecule has 0 saturated heterocycles. The molecule has 0 atom stereocenters. The molecular weight excluding hydrogens is 350 g/mol. The fourth-order valence-electron chi connectivity index (χ4n) is 2.31. The van der Waals surface area contributed by atoms with Gasteiger partial charge in [-0.05, 0) is 18.2 Å². The number of methoxy groups -OCH3 is 1. The maximum atomic E-state index is 12.3.